The summed E-state index contributed by atoms with van der Waals surface area (Å²) in [4.78, 5) is 73.1. The molecule has 104 heavy (non-hydrogen) atoms. The Morgan fingerprint density at radius 3 is 0.808 bits per heavy atom. The van der Waals surface area contributed by atoms with Gasteiger partial charge in [0.05, 0.1) is 26.4 Å². The number of hydrogen-bond acceptors (Lipinski definition) is 15. The van der Waals surface area contributed by atoms with E-state index >= 15 is 0 Å². The number of aliphatic hydroxyl groups is 1. The molecule has 0 aliphatic heterocycles. The van der Waals surface area contributed by atoms with Crippen molar-refractivity contribution in [3.05, 3.63) is 97.2 Å². The molecule has 0 aliphatic rings. The zero-order valence-electron chi connectivity index (χ0n) is 65.9. The maximum absolute atomic E-state index is 13.1. The maximum atomic E-state index is 13.1. The van der Waals surface area contributed by atoms with Crippen LogP contribution in [-0.4, -0.2) is 96.7 Å². The van der Waals surface area contributed by atoms with Crippen LogP contribution in [0.1, 0.15) is 362 Å². The van der Waals surface area contributed by atoms with E-state index < -0.39 is 97.5 Å². The number of rotatable bonds is 78. The zero-order valence-corrected chi connectivity index (χ0v) is 67.7. The van der Waals surface area contributed by atoms with Gasteiger partial charge in [-0.25, -0.2) is 9.13 Å². The Bertz CT molecular complexity index is 2350. The van der Waals surface area contributed by atoms with Crippen molar-refractivity contribution in [2.45, 2.75) is 380 Å². The van der Waals surface area contributed by atoms with E-state index in [0.29, 0.717) is 32.1 Å². The number of carbonyl (C=O) groups excluding carboxylic acids is 4. The van der Waals surface area contributed by atoms with E-state index in [0.717, 1.165) is 141 Å². The van der Waals surface area contributed by atoms with Gasteiger partial charge in [-0.15, -0.1) is 0 Å². The molecular formula is C85H150O17P2. The number of phosphoric acid groups is 2. The molecule has 0 aromatic carbocycles. The fourth-order valence-electron chi connectivity index (χ4n) is 11.3. The second-order valence-corrected chi connectivity index (χ2v) is 30.6. The van der Waals surface area contributed by atoms with E-state index in [1.54, 1.807) is 0 Å². The van der Waals surface area contributed by atoms with E-state index in [2.05, 4.69) is 113 Å². The number of phosphoric ester groups is 2. The lowest BCUT2D eigenvalue weighted by molar-refractivity contribution is -0.161. The van der Waals surface area contributed by atoms with Crippen LogP contribution >= 0.6 is 15.6 Å². The van der Waals surface area contributed by atoms with Crippen LogP contribution in [-0.2, 0) is 65.4 Å². The zero-order chi connectivity index (χ0) is 76.0. The van der Waals surface area contributed by atoms with E-state index in [1.165, 1.54) is 135 Å². The van der Waals surface area contributed by atoms with Crippen molar-refractivity contribution < 1.29 is 80.2 Å². The first-order valence-corrected chi connectivity index (χ1v) is 44.5. The largest absolute Gasteiger partial charge is 0.472 e. The molecule has 0 aliphatic carbocycles. The molecule has 0 saturated carbocycles. The lowest BCUT2D eigenvalue weighted by atomic mass is 10.0. The minimum absolute atomic E-state index is 0.0716. The Hall–Kier alpha value is -4.02. The lowest BCUT2D eigenvalue weighted by Crippen LogP contribution is -2.30. The highest BCUT2D eigenvalue weighted by Gasteiger charge is 2.30. The normalized spacial score (nSPS) is 14.3. The minimum Gasteiger partial charge on any atom is -0.462 e. The predicted octanol–water partition coefficient (Wildman–Crippen LogP) is 24.3. The second-order valence-electron chi connectivity index (χ2n) is 27.7. The van der Waals surface area contributed by atoms with Gasteiger partial charge < -0.3 is 33.8 Å². The summed E-state index contributed by atoms with van der Waals surface area (Å²) in [6.07, 6.45) is 82.4. The highest BCUT2D eigenvalue weighted by atomic mass is 31.2. The van der Waals surface area contributed by atoms with Gasteiger partial charge >= 0.3 is 39.5 Å². The molecule has 19 heteroatoms. The van der Waals surface area contributed by atoms with Crippen LogP contribution in [0.3, 0.4) is 0 Å². The molecule has 0 bridgehead atoms. The number of allylic oxidation sites excluding steroid dienone is 16. The van der Waals surface area contributed by atoms with E-state index in [9.17, 15) is 43.2 Å². The van der Waals surface area contributed by atoms with Crippen molar-refractivity contribution in [1.82, 2.24) is 0 Å². The summed E-state index contributed by atoms with van der Waals surface area (Å²) in [7, 11) is -9.97. The summed E-state index contributed by atoms with van der Waals surface area (Å²) in [6.45, 7) is 4.65. The Labute approximate surface area is 633 Å². The summed E-state index contributed by atoms with van der Waals surface area (Å²) >= 11 is 0. The molecule has 602 valence electrons. The standard InChI is InChI=1S/C85H150O17P2/c1-5-9-13-17-21-25-29-33-37-39-43-46-50-54-58-62-66-70-83(88)96-76-81(102-85(90)72-68-64-60-56-52-48-44-40-38-34-30-26-22-18-14-10-6-2)78-100-104(93,94)98-74-79(86)73-97-103(91,92)99-77-80(101-84(89)71-67-63-59-55-51-47-42-36-32-28-24-20-16-12-8-4)75-95-82(87)69-65-61-57-53-49-45-41-35-31-27-23-19-15-11-7-3/h9-10,13-14,21-22,25-26,33-34,37-38,43,46,54,58,79-81,86H,5-8,11-12,15-20,23-24,27-32,35-36,39-42,44-45,47-53,55-57,59-78H2,1-4H3,(H,91,92)(H,93,94)/b13-9-,14-10-,25-21-,26-22-,37-33-,38-34-,46-43-,58-54-. The maximum Gasteiger partial charge on any atom is 0.472 e. The molecule has 0 saturated heterocycles. The van der Waals surface area contributed by atoms with Crippen molar-refractivity contribution in [2.75, 3.05) is 39.6 Å². The van der Waals surface area contributed by atoms with Gasteiger partial charge in [0.15, 0.2) is 12.2 Å². The minimum atomic E-state index is -4.99. The van der Waals surface area contributed by atoms with Crippen molar-refractivity contribution in [2.24, 2.45) is 0 Å². The smallest absolute Gasteiger partial charge is 0.462 e. The molecule has 0 radical (unpaired) electrons. The van der Waals surface area contributed by atoms with Crippen molar-refractivity contribution in [3.63, 3.8) is 0 Å². The first-order chi connectivity index (χ1) is 50.7. The van der Waals surface area contributed by atoms with Gasteiger partial charge in [-0.05, 0) is 96.3 Å². The topological polar surface area (TPSA) is 237 Å². The summed E-state index contributed by atoms with van der Waals surface area (Å²) in [5.41, 5.74) is 0. The highest BCUT2D eigenvalue weighted by molar-refractivity contribution is 7.47. The summed E-state index contributed by atoms with van der Waals surface area (Å²) in [5, 5.41) is 10.7. The van der Waals surface area contributed by atoms with Crippen LogP contribution in [0.4, 0.5) is 0 Å². The molecule has 0 rings (SSSR count). The number of unbranched alkanes of at least 4 members (excludes halogenated alkanes) is 36. The molecule has 5 unspecified atom stereocenters. The van der Waals surface area contributed by atoms with Crippen LogP contribution in [0.2, 0.25) is 0 Å². The molecule has 0 aromatic heterocycles. The Balaban J connectivity index is 5.39. The molecule has 3 N–H and O–H groups in total. The van der Waals surface area contributed by atoms with Crippen molar-refractivity contribution >= 4 is 39.5 Å². The molecule has 0 heterocycles. The van der Waals surface area contributed by atoms with Gasteiger partial charge in [0.1, 0.15) is 19.3 Å². The fraction of sp³-hybridized carbons (Fsp3) is 0.765. The second kappa shape index (κ2) is 77.1. The summed E-state index contributed by atoms with van der Waals surface area (Å²) in [6, 6.07) is 0. The third-order valence-electron chi connectivity index (χ3n) is 17.6. The molecule has 0 amide bonds. The van der Waals surface area contributed by atoms with Crippen LogP contribution in [0, 0.1) is 0 Å². The van der Waals surface area contributed by atoms with Crippen LogP contribution in [0.15, 0.2) is 97.2 Å². The summed E-state index contributed by atoms with van der Waals surface area (Å²) < 4.78 is 68.7. The average Bonchev–Trinajstić information content (AvgIpc) is 0.926. The number of ether oxygens (including phenoxy) is 4. The van der Waals surface area contributed by atoms with E-state index in [1.807, 2.05) is 12.2 Å². The molecule has 0 fully saturated rings. The van der Waals surface area contributed by atoms with Crippen LogP contribution < -0.4 is 0 Å². The Morgan fingerprint density at radius 1 is 0.279 bits per heavy atom. The van der Waals surface area contributed by atoms with Crippen LogP contribution in [0.5, 0.6) is 0 Å². The van der Waals surface area contributed by atoms with Gasteiger partial charge in [0.25, 0.3) is 0 Å². The molecule has 0 spiro atoms. The van der Waals surface area contributed by atoms with Gasteiger partial charge in [-0.2, -0.15) is 0 Å². The number of aliphatic hydroxyl groups excluding tert-OH is 1. The Kier molecular flexibility index (Phi) is 74.2. The van der Waals surface area contributed by atoms with Crippen molar-refractivity contribution in [3.8, 4) is 0 Å². The molecule has 5 atom stereocenters. The molecule has 0 aromatic rings. The molecular weight excluding hydrogens is 1350 g/mol. The third-order valence-corrected chi connectivity index (χ3v) is 19.5. The van der Waals surface area contributed by atoms with Gasteiger partial charge in [0, 0.05) is 25.7 Å². The van der Waals surface area contributed by atoms with Gasteiger partial charge in [0.2, 0.25) is 0 Å². The first-order valence-electron chi connectivity index (χ1n) is 41.5. The Morgan fingerprint density at radius 2 is 0.510 bits per heavy atom. The van der Waals surface area contributed by atoms with E-state index in [4.69, 9.17) is 37.0 Å². The SMILES string of the molecule is CC/C=C\C/C=C\C/C=C\C/C=C\C/C=C\CCCC(=O)OCC(COP(=O)(O)OCC(O)COP(=O)(O)OCC(COC(=O)CCCCCCCCCCCCCCCCC)OC(=O)CCCCCCCCCCCCCCCCC)OC(=O)CCCCCCCCC/C=C\C/C=C\C/C=C\CC. The number of carbonyl (C=O) groups is 4. The van der Waals surface area contributed by atoms with Gasteiger partial charge in [-0.3, -0.25) is 37.3 Å². The van der Waals surface area contributed by atoms with Crippen LogP contribution in [0.25, 0.3) is 0 Å². The molecule has 17 nitrogen and oxygen atoms in total. The number of esters is 4. The number of hydrogen-bond donors (Lipinski definition) is 3. The van der Waals surface area contributed by atoms with Gasteiger partial charge in [-0.1, -0.05) is 337 Å². The first kappa shape index (κ1) is 100.0. The highest BCUT2D eigenvalue weighted by Crippen LogP contribution is 2.45. The quantitative estimate of drug-likeness (QED) is 0.0169. The summed E-state index contributed by atoms with van der Waals surface area (Å²) in [5.74, 6) is -2.22. The van der Waals surface area contributed by atoms with Crippen molar-refractivity contribution in [1.29, 1.82) is 0 Å². The lowest BCUT2D eigenvalue weighted by Gasteiger charge is -2.21. The third kappa shape index (κ3) is 76.2. The van der Waals surface area contributed by atoms with E-state index in [-0.39, 0.29) is 25.7 Å². The fourth-order valence-corrected chi connectivity index (χ4v) is 12.9. The average molecular weight is 1510 g/mol. The predicted molar refractivity (Wildman–Crippen MR) is 427 cm³/mol. The monoisotopic (exact) mass is 1510 g/mol.